The first-order valence-corrected chi connectivity index (χ1v) is 11.9. The maximum atomic E-state index is 12.3. The third kappa shape index (κ3) is 4.08. The molecular weight excluding hydrogens is 464 g/mol. The van der Waals surface area contributed by atoms with Crippen molar-refractivity contribution in [2.24, 2.45) is 5.16 Å². The summed E-state index contributed by atoms with van der Waals surface area (Å²) in [5.74, 6) is 2.71. The zero-order valence-corrected chi connectivity index (χ0v) is 20.9. The number of ether oxygens (including phenoxy) is 5. The molecule has 36 heavy (non-hydrogen) atoms. The topological polar surface area (TPSA) is 96.8 Å². The quantitative estimate of drug-likeness (QED) is 0.562. The number of fused-ring (bicyclic) bond motifs is 4. The van der Waals surface area contributed by atoms with Crippen molar-refractivity contribution in [3.8, 4) is 28.7 Å². The lowest BCUT2D eigenvalue weighted by Gasteiger charge is -2.29. The summed E-state index contributed by atoms with van der Waals surface area (Å²) in [6.07, 6.45) is 0.127. The van der Waals surface area contributed by atoms with Crippen LogP contribution in [0.15, 0.2) is 41.6 Å². The van der Waals surface area contributed by atoms with Gasteiger partial charge in [-0.25, -0.2) is 0 Å². The second kappa shape index (κ2) is 9.64. The highest BCUT2D eigenvalue weighted by molar-refractivity contribution is 6.09. The first-order valence-electron chi connectivity index (χ1n) is 11.9. The Labute approximate surface area is 209 Å². The fraction of sp³-hybridized carbons (Fsp3) is 0.407. The van der Waals surface area contributed by atoms with Crippen molar-refractivity contribution in [3.63, 3.8) is 0 Å². The molecule has 1 N–H and O–H groups in total. The molecule has 2 aromatic carbocycles. The van der Waals surface area contributed by atoms with Gasteiger partial charge in [-0.15, -0.1) is 0 Å². The summed E-state index contributed by atoms with van der Waals surface area (Å²) in [6, 6.07) is 7.54. The van der Waals surface area contributed by atoms with E-state index in [9.17, 15) is 4.79 Å². The maximum absolute atomic E-state index is 12.3. The van der Waals surface area contributed by atoms with Crippen molar-refractivity contribution < 1.29 is 33.3 Å². The van der Waals surface area contributed by atoms with E-state index < -0.39 is 0 Å². The molecule has 0 unspecified atom stereocenters. The predicted octanol–water partition coefficient (Wildman–Crippen LogP) is 3.38. The van der Waals surface area contributed by atoms with Crippen LogP contribution in [0.3, 0.4) is 0 Å². The van der Waals surface area contributed by atoms with Gasteiger partial charge in [0.25, 0.3) is 5.91 Å². The molecule has 0 fully saturated rings. The van der Waals surface area contributed by atoms with E-state index in [1.54, 1.807) is 14.2 Å². The van der Waals surface area contributed by atoms with Gasteiger partial charge in [-0.3, -0.25) is 4.79 Å². The monoisotopic (exact) mass is 494 g/mol. The van der Waals surface area contributed by atoms with E-state index in [0.717, 1.165) is 22.3 Å². The number of amides is 1. The zero-order valence-electron chi connectivity index (χ0n) is 20.9. The van der Waals surface area contributed by atoms with Gasteiger partial charge in [0.2, 0.25) is 0 Å². The summed E-state index contributed by atoms with van der Waals surface area (Å²) in [5.41, 5.74) is 4.13. The van der Waals surface area contributed by atoms with E-state index in [1.807, 2.05) is 38.1 Å². The van der Waals surface area contributed by atoms with Crippen LogP contribution in [0.4, 0.5) is 0 Å². The van der Waals surface area contributed by atoms with Gasteiger partial charge in [-0.2, -0.15) is 0 Å². The first kappa shape index (κ1) is 23.8. The third-order valence-corrected chi connectivity index (χ3v) is 6.63. The minimum absolute atomic E-state index is 0.123. The number of carbonyl (C=O) groups is 1. The molecule has 9 heteroatoms. The smallest absolute Gasteiger partial charge is 0.257 e. The molecule has 0 radical (unpaired) electrons. The van der Waals surface area contributed by atoms with E-state index in [0.29, 0.717) is 54.0 Å². The van der Waals surface area contributed by atoms with Gasteiger partial charge in [-0.1, -0.05) is 11.7 Å². The molecule has 3 aliphatic rings. The predicted molar refractivity (Wildman–Crippen MR) is 133 cm³/mol. The molecule has 0 saturated carbocycles. The van der Waals surface area contributed by atoms with Crippen LogP contribution in [0.5, 0.6) is 28.7 Å². The van der Waals surface area contributed by atoms with Gasteiger partial charge in [0.1, 0.15) is 35.7 Å². The Hall–Kier alpha value is -3.88. The molecule has 3 atom stereocenters. The Morgan fingerprint density at radius 2 is 1.97 bits per heavy atom. The van der Waals surface area contributed by atoms with Gasteiger partial charge in [0, 0.05) is 35.7 Å². The van der Waals surface area contributed by atoms with Crippen LogP contribution >= 0.6 is 0 Å². The fourth-order valence-electron chi connectivity index (χ4n) is 4.85. The number of benzene rings is 2. The van der Waals surface area contributed by atoms with Crippen molar-refractivity contribution in [3.05, 3.63) is 53.1 Å². The van der Waals surface area contributed by atoms with Crippen molar-refractivity contribution in [2.45, 2.75) is 38.4 Å². The van der Waals surface area contributed by atoms with Crippen LogP contribution in [-0.4, -0.2) is 57.8 Å². The van der Waals surface area contributed by atoms with E-state index in [-0.39, 0.29) is 30.6 Å². The average molecular weight is 495 g/mol. The normalized spacial score (nSPS) is 21.0. The van der Waals surface area contributed by atoms with Crippen LogP contribution in [0.25, 0.3) is 0 Å². The molecule has 190 valence electrons. The van der Waals surface area contributed by atoms with E-state index in [2.05, 4.69) is 17.1 Å². The fourth-order valence-corrected chi connectivity index (χ4v) is 4.85. The number of nitrogens with zero attached hydrogens (tertiary/aromatic N) is 1. The molecule has 2 aromatic rings. The Balaban J connectivity index is 1.57. The lowest BCUT2D eigenvalue weighted by molar-refractivity contribution is -0.122. The Kier molecular flexibility index (Phi) is 6.38. The van der Waals surface area contributed by atoms with Crippen LogP contribution in [0, 0.1) is 0 Å². The zero-order chi connectivity index (χ0) is 25.4. The van der Waals surface area contributed by atoms with Crippen LogP contribution < -0.4 is 29.0 Å². The molecular formula is C27H30N2O7. The van der Waals surface area contributed by atoms with Gasteiger partial charge in [0.05, 0.1) is 20.1 Å². The van der Waals surface area contributed by atoms with Crippen molar-refractivity contribution in [1.29, 1.82) is 0 Å². The minimum atomic E-state index is -0.311. The number of rotatable bonds is 8. The summed E-state index contributed by atoms with van der Waals surface area (Å²) < 4.78 is 29.2. The number of carbonyl (C=O) groups excluding carboxylic acids is 1. The highest BCUT2D eigenvalue weighted by Gasteiger charge is 2.44. The van der Waals surface area contributed by atoms with E-state index >= 15 is 0 Å². The molecule has 3 heterocycles. The minimum Gasteiger partial charge on any atom is -0.493 e. The second-order valence-corrected chi connectivity index (χ2v) is 8.97. The number of nitrogens with one attached hydrogen (secondary N) is 1. The van der Waals surface area contributed by atoms with Crippen molar-refractivity contribution in [1.82, 2.24) is 5.32 Å². The molecule has 0 saturated heterocycles. The van der Waals surface area contributed by atoms with Crippen molar-refractivity contribution >= 4 is 11.6 Å². The molecule has 0 aromatic heterocycles. The molecule has 0 bridgehead atoms. The van der Waals surface area contributed by atoms with Crippen LogP contribution in [-0.2, 0) is 16.1 Å². The largest absolute Gasteiger partial charge is 0.493 e. The number of methoxy groups -OCH3 is 2. The summed E-state index contributed by atoms with van der Waals surface area (Å²) in [6.45, 7) is 8.59. The van der Waals surface area contributed by atoms with Crippen molar-refractivity contribution in [2.75, 3.05) is 34.0 Å². The Morgan fingerprint density at radius 3 is 2.69 bits per heavy atom. The molecule has 0 aliphatic carbocycles. The molecule has 3 aliphatic heterocycles. The highest BCUT2D eigenvalue weighted by atomic mass is 16.7. The molecule has 9 nitrogen and oxygen atoms in total. The summed E-state index contributed by atoms with van der Waals surface area (Å²) in [5, 5.41) is 7.25. The van der Waals surface area contributed by atoms with Gasteiger partial charge >= 0.3 is 0 Å². The van der Waals surface area contributed by atoms with E-state index in [1.165, 1.54) is 0 Å². The first-order chi connectivity index (χ1) is 17.4. The third-order valence-electron chi connectivity index (χ3n) is 6.63. The van der Waals surface area contributed by atoms with E-state index in [4.69, 9.17) is 28.5 Å². The molecule has 1 amide bonds. The maximum Gasteiger partial charge on any atom is 0.257 e. The number of hydrogen-bond donors (Lipinski definition) is 1. The van der Waals surface area contributed by atoms with Gasteiger partial charge in [-0.05, 0) is 37.6 Å². The van der Waals surface area contributed by atoms with Crippen LogP contribution in [0.1, 0.15) is 36.5 Å². The van der Waals surface area contributed by atoms with Gasteiger partial charge < -0.3 is 33.8 Å². The Bertz CT molecular complexity index is 1240. The van der Waals surface area contributed by atoms with Gasteiger partial charge in [0.15, 0.2) is 24.2 Å². The standard InChI is InChI=1S/C27H30N2O7/c1-6-28-24(30)13-34-27-15(7-8-18-17(27)10-19(35-18)14(2)3)26-25-16-9-21(31-4)22(32-5)11-20(16)33-12-23(25)36-29-26/h7-9,11,19,23,25H,2,6,10,12-13H2,1,3-5H3,(H,28,30)/t19-,23-,25+/m1/s1. The SMILES string of the molecule is C=C(C)[C@H]1Cc2c(ccc(C3=NO[C@@H]4COc5cc(OC)c(OC)cc5[C@H]34)c2OCC(=O)NCC)O1. The lowest BCUT2D eigenvalue weighted by atomic mass is 9.83. The molecule has 5 rings (SSSR count). The Morgan fingerprint density at radius 1 is 1.19 bits per heavy atom. The average Bonchev–Trinajstić information content (AvgIpc) is 3.51. The van der Waals surface area contributed by atoms with Crippen LogP contribution in [0.2, 0.25) is 0 Å². The second-order valence-electron chi connectivity index (χ2n) is 8.97. The summed E-state index contributed by atoms with van der Waals surface area (Å²) in [4.78, 5) is 18.1. The summed E-state index contributed by atoms with van der Waals surface area (Å²) >= 11 is 0. The number of hydrogen-bond acceptors (Lipinski definition) is 8. The number of oxime groups is 1. The summed E-state index contributed by atoms with van der Waals surface area (Å²) in [7, 11) is 3.18. The molecule has 0 spiro atoms. The lowest BCUT2D eigenvalue weighted by Crippen LogP contribution is -2.33. The number of likely N-dealkylation sites (N-methyl/N-ethyl adjacent to an activating group) is 1. The highest BCUT2D eigenvalue weighted by Crippen LogP contribution is 2.48.